The summed E-state index contributed by atoms with van der Waals surface area (Å²) in [6.07, 6.45) is 1.24. The molecule has 3 heteroatoms. The lowest BCUT2D eigenvalue weighted by atomic mass is 9.95. The maximum atomic E-state index is 11.4. The van der Waals surface area contributed by atoms with Crippen LogP contribution in [0.5, 0.6) is 0 Å². The van der Waals surface area contributed by atoms with Crippen molar-refractivity contribution in [3.8, 4) is 0 Å². The zero-order valence-corrected chi connectivity index (χ0v) is 10.4. The fraction of sp³-hybridized carbons (Fsp3) is 0.500. The van der Waals surface area contributed by atoms with Crippen LogP contribution in [0.1, 0.15) is 43.1 Å². The third-order valence-electron chi connectivity index (χ3n) is 3.46. The number of nitrogens with zero attached hydrogens (tertiary/aromatic N) is 1. The van der Waals surface area contributed by atoms with Gasteiger partial charge >= 0.3 is 0 Å². The van der Waals surface area contributed by atoms with Gasteiger partial charge in [0.25, 0.3) is 0 Å². The van der Waals surface area contributed by atoms with E-state index in [1.807, 2.05) is 24.0 Å². The summed E-state index contributed by atoms with van der Waals surface area (Å²) in [4.78, 5) is 13.2. The molecule has 0 saturated carbocycles. The van der Waals surface area contributed by atoms with Gasteiger partial charge in [0.05, 0.1) is 6.10 Å². The summed E-state index contributed by atoms with van der Waals surface area (Å²) < 4.78 is 0. The van der Waals surface area contributed by atoms with Crippen molar-refractivity contribution in [1.29, 1.82) is 0 Å². The van der Waals surface area contributed by atoms with E-state index in [9.17, 15) is 9.90 Å². The maximum absolute atomic E-state index is 11.4. The largest absolute Gasteiger partial charge is 0.388 e. The highest BCUT2D eigenvalue weighted by atomic mass is 16.3. The molecule has 0 saturated heterocycles. The van der Waals surface area contributed by atoms with E-state index in [1.165, 1.54) is 11.1 Å². The van der Waals surface area contributed by atoms with Crippen molar-refractivity contribution < 1.29 is 9.90 Å². The number of aliphatic hydroxyl groups is 1. The van der Waals surface area contributed by atoms with Gasteiger partial charge in [0, 0.05) is 20.0 Å². The number of fused-ring (bicyclic) bond motifs is 1. The van der Waals surface area contributed by atoms with Gasteiger partial charge < -0.3 is 10.0 Å². The summed E-state index contributed by atoms with van der Waals surface area (Å²) in [5, 5.41) is 9.83. The number of hydrogen-bond donors (Lipinski definition) is 1. The lowest BCUT2D eigenvalue weighted by Gasteiger charge is -2.28. The molecule has 0 aliphatic carbocycles. The number of rotatable bonds is 2. The normalized spacial score (nSPS) is 16.5. The number of amides is 1. The second kappa shape index (κ2) is 4.88. The van der Waals surface area contributed by atoms with Crippen molar-refractivity contribution in [3.05, 3.63) is 34.9 Å². The molecule has 2 rings (SSSR count). The first-order valence-corrected chi connectivity index (χ1v) is 6.17. The highest BCUT2D eigenvalue weighted by Gasteiger charge is 2.19. The van der Waals surface area contributed by atoms with Crippen LogP contribution in [-0.2, 0) is 17.8 Å². The first-order valence-electron chi connectivity index (χ1n) is 6.17. The van der Waals surface area contributed by atoms with E-state index in [0.717, 1.165) is 24.9 Å². The van der Waals surface area contributed by atoms with Crippen LogP contribution in [-0.4, -0.2) is 22.5 Å². The predicted molar refractivity (Wildman–Crippen MR) is 66.5 cm³/mol. The van der Waals surface area contributed by atoms with Crippen LogP contribution in [0.4, 0.5) is 0 Å². The van der Waals surface area contributed by atoms with E-state index in [4.69, 9.17) is 0 Å². The third kappa shape index (κ3) is 2.50. The van der Waals surface area contributed by atoms with E-state index in [1.54, 1.807) is 6.92 Å². The van der Waals surface area contributed by atoms with Crippen molar-refractivity contribution in [2.75, 3.05) is 6.54 Å². The van der Waals surface area contributed by atoms with Crippen LogP contribution < -0.4 is 0 Å². The Morgan fingerprint density at radius 1 is 1.47 bits per heavy atom. The Morgan fingerprint density at radius 3 is 2.88 bits per heavy atom. The number of aliphatic hydroxyl groups excluding tert-OH is 1. The zero-order valence-electron chi connectivity index (χ0n) is 10.4. The molecule has 17 heavy (non-hydrogen) atoms. The Balaban J connectivity index is 2.25. The summed E-state index contributed by atoms with van der Waals surface area (Å²) in [7, 11) is 0. The van der Waals surface area contributed by atoms with Crippen LogP contribution in [0, 0.1) is 0 Å². The van der Waals surface area contributed by atoms with Crippen LogP contribution in [0.25, 0.3) is 0 Å². The average molecular weight is 233 g/mol. The molecule has 1 unspecified atom stereocenters. The van der Waals surface area contributed by atoms with E-state index in [0.29, 0.717) is 6.54 Å². The summed E-state index contributed by atoms with van der Waals surface area (Å²) in [6.45, 7) is 5.05. The minimum atomic E-state index is -0.395. The van der Waals surface area contributed by atoms with Crippen LogP contribution >= 0.6 is 0 Å². The molecular weight excluding hydrogens is 214 g/mol. The van der Waals surface area contributed by atoms with Gasteiger partial charge in [0.15, 0.2) is 0 Å². The van der Waals surface area contributed by atoms with Crippen LogP contribution in [0.15, 0.2) is 18.2 Å². The zero-order chi connectivity index (χ0) is 12.4. The Kier molecular flexibility index (Phi) is 3.48. The van der Waals surface area contributed by atoms with Crippen molar-refractivity contribution >= 4 is 5.91 Å². The van der Waals surface area contributed by atoms with Gasteiger partial charge in [-0.2, -0.15) is 0 Å². The van der Waals surface area contributed by atoms with Crippen molar-refractivity contribution in [2.24, 2.45) is 0 Å². The lowest BCUT2D eigenvalue weighted by molar-refractivity contribution is -0.129. The minimum Gasteiger partial charge on any atom is -0.388 e. The molecule has 0 aromatic heterocycles. The van der Waals surface area contributed by atoms with E-state index in [-0.39, 0.29) is 5.91 Å². The molecule has 1 aromatic carbocycles. The molecule has 1 heterocycles. The van der Waals surface area contributed by atoms with Gasteiger partial charge in [-0.05, 0) is 29.5 Å². The quantitative estimate of drug-likeness (QED) is 0.849. The molecule has 1 atom stereocenters. The molecular formula is C14H19NO2. The fourth-order valence-electron chi connectivity index (χ4n) is 2.29. The second-order valence-electron chi connectivity index (χ2n) is 4.64. The molecule has 0 spiro atoms. The molecule has 1 aliphatic heterocycles. The molecule has 1 amide bonds. The topological polar surface area (TPSA) is 40.5 Å². The predicted octanol–water partition coefficient (Wildman–Crippen LogP) is 2.03. The van der Waals surface area contributed by atoms with Crippen molar-refractivity contribution in [3.63, 3.8) is 0 Å². The van der Waals surface area contributed by atoms with E-state index in [2.05, 4.69) is 6.07 Å². The van der Waals surface area contributed by atoms with Gasteiger partial charge in [0.1, 0.15) is 0 Å². The maximum Gasteiger partial charge on any atom is 0.219 e. The third-order valence-corrected chi connectivity index (χ3v) is 3.46. The van der Waals surface area contributed by atoms with E-state index >= 15 is 0 Å². The Morgan fingerprint density at radius 2 is 2.24 bits per heavy atom. The second-order valence-corrected chi connectivity index (χ2v) is 4.64. The molecule has 92 valence electrons. The molecule has 1 aliphatic rings. The Bertz CT molecular complexity index is 428. The smallest absolute Gasteiger partial charge is 0.219 e. The summed E-state index contributed by atoms with van der Waals surface area (Å²) in [5.41, 5.74) is 3.43. The van der Waals surface area contributed by atoms with Gasteiger partial charge in [-0.15, -0.1) is 0 Å². The summed E-state index contributed by atoms with van der Waals surface area (Å²) >= 11 is 0. The molecule has 0 bridgehead atoms. The average Bonchev–Trinajstić information content (AvgIpc) is 2.36. The molecule has 3 nitrogen and oxygen atoms in total. The van der Waals surface area contributed by atoms with Gasteiger partial charge in [-0.3, -0.25) is 4.79 Å². The number of benzene rings is 1. The highest BCUT2D eigenvalue weighted by Crippen LogP contribution is 2.24. The molecule has 1 N–H and O–H groups in total. The molecule has 1 aromatic rings. The van der Waals surface area contributed by atoms with Gasteiger partial charge in [0.2, 0.25) is 5.91 Å². The molecule has 0 radical (unpaired) electrons. The van der Waals surface area contributed by atoms with Gasteiger partial charge in [-0.1, -0.05) is 25.1 Å². The van der Waals surface area contributed by atoms with Gasteiger partial charge in [-0.25, -0.2) is 0 Å². The van der Waals surface area contributed by atoms with Crippen LogP contribution in [0.3, 0.4) is 0 Å². The first kappa shape index (κ1) is 12.1. The monoisotopic (exact) mass is 233 g/mol. The summed E-state index contributed by atoms with van der Waals surface area (Å²) in [5.74, 6) is 0.122. The first-order chi connectivity index (χ1) is 8.11. The summed E-state index contributed by atoms with van der Waals surface area (Å²) in [6, 6.07) is 6.12. The molecule has 0 fully saturated rings. The number of hydrogen-bond acceptors (Lipinski definition) is 2. The van der Waals surface area contributed by atoms with E-state index < -0.39 is 6.10 Å². The van der Waals surface area contributed by atoms with Crippen molar-refractivity contribution in [1.82, 2.24) is 4.90 Å². The highest BCUT2D eigenvalue weighted by molar-refractivity contribution is 5.73. The van der Waals surface area contributed by atoms with Crippen molar-refractivity contribution in [2.45, 2.75) is 39.3 Å². The lowest BCUT2D eigenvalue weighted by Crippen LogP contribution is -2.34. The number of carbonyl (C=O) groups excluding carboxylic acids is 1. The Labute approximate surface area is 102 Å². The Hall–Kier alpha value is -1.35. The number of carbonyl (C=O) groups is 1. The van der Waals surface area contributed by atoms with Crippen LogP contribution in [0.2, 0.25) is 0 Å². The minimum absolute atomic E-state index is 0.122. The SMILES string of the molecule is CCC(O)c1ccc2c(c1)CN(C(C)=O)CC2. The standard InChI is InChI=1S/C14H19NO2/c1-3-14(17)12-5-4-11-6-7-15(10(2)16)9-13(11)8-12/h4-5,8,14,17H,3,6-7,9H2,1-2H3. The fourth-order valence-corrected chi connectivity index (χ4v) is 2.29.